The number of aromatic nitrogens is 2. The van der Waals surface area contributed by atoms with E-state index >= 15 is 0 Å². The van der Waals surface area contributed by atoms with E-state index in [1.54, 1.807) is 6.92 Å². The summed E-state index contributed by atoms with van der Waals surface area (Å²) in [6.45, 7) is 2.07. The molecule has 0 aliphatic carbocycles. The fourth-order valence-corrected chi connectivity index (χ4v) is 1.52. The molecular formula is C10H11N3O2S. The second-order valence-electron chi connectivity index (χ2n) is 3.13. The van der Waals surface area contributed by atoms with Crippen LogP contribution in [-0.2, 0) is 4.74 Å². The molecule has 1 heterocycles. The van der Waals surface area contributed by atoms with Gasteiger partial charge in [-0.15, -0.1) is 12.6 Å². The number of thiol groups is 1. The number of fused-ring (bicyclic) bond motifs is 1. The number of amides is 1. The van der Waals surface area contributed by atoms with E-state index in [0.717, 1.165) is 15.9 Å². The molecule has 0 aliphatic heterocycles. The molecule has 84 valence electrons. The number of benzene rings is 1. The van der Waals surface area contributed by atoms with Crippen LogP contribution in [0.5, 0.6) is 0 Å². The van der Waals surface area contributed by atoms with E-state index in [1.807, 2.05) is 18.2 Å². The molecule has 2 N–H and O–H groups in total. The van der Waals surface area contributed by atoms with Gasteiger partial charge in [0.05, 0.1) is 17.6 Å². The Labute approximate surface area is 97.6 Å². The van der Waals surface area contributed by atoms with Gasteiger partial charge in [0.25, 0.3) is 0 Å². The monoisotopic (exact) mass is 237 g/mol. The number of carbonyl (C=O) groups excluding carboxylic acids is 1. The van der Waals surface area contributed by atoms with Crippen LogP contribution in [0.4, 0.5) is 10.7 Å². The average Bonchev–Trinajstić information content (AvgIpc) is 2.59. The van der Waals surface area contributed by atoms with Gasteiger partial charge in [-0.3, -0.25) is 5.32 Å². The van der Waals surface area contributed by atoms with Gasteiger partial charge in [0.15, 0.2) is 0 Å². The first-order valence-corrected chi connectivity index (χ1v) is 5.26. The Morgan fingerprint density at radius 1 is 1.62 bits per heavy atom. The van der Waals surface area contributed by atoms with Crippen LogP contribution in [0.25, 0.3) is 11.0 Å². The zero-order chi connectivity index (χ0) is 11.5. The fourth-order valence-electron chi connectivity index (χ4n) is 1.32. The lowest BCUT2D eigenvalue weighted by molar-refractivity contribution is 0.167. The first kappa shape index (κ1) is 10.8. The highest BCUT2D eigenvalue weighted by Gasteiger charge is 2.06. The molecule has 2 aromatic rings. The molecule has 0 radical (unpaired) electrons. The van der Waals surface area contributed by atoms with E-state index in [9.17, 15) is 4.79 Å². The van der Waals surface area contributed by atoms with E-state index in [0.29, 0.717) is 12.6 Å². The Morgan fingerprint density at radius 2 is 2.44 bits per heavy atom. The van der Waals surface area contributed by atoms with Crippen molar-refractivity contribution in [1.82, 2.24) is 9.97 Å². The number of anilines is 1. The second kappa shape index (κ2) is 4.44. The van der Waals surface area contributed by atoms with Gasteiger partial charge in [-0.05, 0) is 25.1 Å². The molecule has 0 aliphatic rings. The van der Waals surface area contributed by atoms with Crippen molar-refractivity contribution in [3.8, 4) is 0 Å². The van der Waals surface area contributed by atoms with E-state index in [4.69, 9.17) is 4.74 Å². The summed E-state index contributed by atoms with van der Waals surface area (Å²) >= 11 is 4.21. The van der Waals surface area contributed by atoms with E-state index in [2.05, 4.69) is 27.9 Å². The zero-order valence-electron chi connectivity index (χ0n) is 8.65. The van der Waals surface area contributed by atoms with Crippen molar-refractivity contribution in [3.63, 3.8) is 0 Å². The van der Waals surface area contributed by atoms with Crippen LogP contribution in [0.3, 0.4) is 0 Å². The molecule has 6 heteroatoms. The van der Waals surface area contributed by atoms with Crippen molar-refractivity contribution in [2.75, 3.05) is 11.9 Å². The molecule has 0 bridgehead atoms. The number of nitrogens with one attached hydrogen (secondary N) is 2. The molecule has 0 saturated heterocycles. The quantitative estimate of drug-likeness (QED) is 0.703. The summed E-state index contributed by atoms with van der Waals surface area (Å²) in [5.74, 6) is 0.368. The van der Waals surface area contributed by atoms with Gasteiger partial charge in [0.1, 0.15) is 0 Å². The lowest BCUT2D eigenvalue weighted by Gasteiger charge is -2.00. The van der Waals surface area contributed by atoms with Crippen LogP contribution < -0.4 is 5.32 Å². The van der Waals surface area contributed by atoms with E-state index in [-0.39, 0.29) is 0 Å². The predicted octanol–water partition coefficient (Wildman–Crippen LogP) is 2.42. The van der Waals surface area contributed by atoms with Gasteiger partial charge in [-0.2, -0.15) is 0 Å². The lowest BCUT2D eigenvalue weighted by atomic mass is 10.3. The maximum absolute atomic E-state index is 11.1. The molecule has 1 aromatic heterocycles. The first-order valence-electron chi connectivity index (χ1n) is 4.81. The number of rotatable bonds is 2. The number of hydrogen-bond donors (Lipinski definition) is 3. The Morgan fingerprint density at radius 3 is 3.19 bits per heavy atom. The molecule has 0 unspecified atom stereocenters. The van der Waals surface area contributed by atoms with Gasteiger partial charge >= 0.3 is 6.09 Å². The number of ether oxygens (including phenoxy) is 1. The van der Waals surface area contributed by atoms with Gasteiger partial charge in [-0.25, -0.2) is 9.78 Å². The second-order valence-corrected chi connectivity index (χ2v) is 3.65. The third-order valence-electron chi connectivity index (χ3n) is 1.96. The summed E-state index contributed by atoms with van der Waals surface area (Å²) in [7, 11) is 0. The normalized spacial score (nSPS) is 10.4. The SMILES string of the molecule is CCOC(=O)Nc1nc2ccc(S)cc2[nH]1. The van der Waals surface area contributed by atoms with E-state index < -0.39 is 6.09 Å². The smallest absolute Gasteiger partial charge is 0.413 e. The number of imidazole rings is 1. The molecule has 5 nitrogen and oxygen atoms in total. The summed E-state index contributed by atoms with van der Waals surface area (Å²) in [6, 6.07) is 5.49. The number of carbonyl (C=O) groups is 1. The van der Waals surface area contributed by atoms with Crippen LogP contribution in [0.15, 0.2) is 23.1 Å². The minimum atomic E-state index is -0.521. The summed E-state index contributed by atoms with van der Waals surface area (Å²) < 4.78 is 4.74. The fraction of sp³-hybridized carbons (Fsp3) is 0.200. The molecule has 1 aromatic carbocycles. The largest absolute Gasteiger partial charge is 0.450 e. The molecule has 0 atom stereocenters. The maximum Gasteiger partial charge on any atom is 0.413 e. The third-order valence-corrected chi connectivity index (χ3v) is 2.24. The zero-order valence-corrected chi connectivity index (χ0v) is 9.54. The lowest BCUT2D eigenvalue weighted by Crippen LogP contribution is -2.14. The van der Waals surface area contributed by atoms with Gasteiger partial charge in [0, 0.05) is 4.90 Å². The van der Waals surface area contributed by atoms with Crippen molar-refractivity contribution in [3.05, 3.63) is 18.2 Å². The van der Waals surface area contributed by atoms with Gasteiger partial charge in [-0.1, -0.05) is 0 Å². The Hall–Kier alpha value is -1.69. The molecule has 0 saturated carbocycles. The topological polar surface area (TPSA) is 67.0 Å². The number of hydrogen-bond acceptors (Lipinski definition) is 4. The van der Waals surface area contributed by atoms with E-state index in [1.165, 1.54) is 0 Å². The Balaban J connectivity index is 2.23. The summed E-state index contributed by atoms with van der Waals surface area (Å²) in [4.78, 5) is 19.1. The predicted molar refractivity (Wildman–Crippen MR) is 64.0 cm³/mol. The van der Waals surface area contributed by atoms with Crippen molar-refractivity contribution in [1.29, 1.82) is 0 Å². The molecule has 0 spiro atoms. The van der Waals surface area contributed by atoms with Gasteiger partial charge in [0.2, 0.25) is 5.95 Å². The summed E-state index contributed by atoms with van der Waals surface area (Å²) in [5, 5.41) is 2.50. The highest BCUT2D eigenvalue weighted by molar-refractivity contribution is 7.80. The molecule has 1 amide bonds. The highest BCUT2D eigenvalue weighted by Crippen LogP contribution is 2.17. The average molecular weight is 237 g/mol. The van der Waals surface area contributed by atoms with Crippen LogP contribution >= 0.6 is 12.6 Å². The van der Waals surface area contributed by atoms with Crippen LogP contribution in [0.2, 0.25) is 0 Å². The molecule has 16 heavy (non-hydrogen) atoms. The van der Waals surface area contributed by atoms with Crippen molar-refractivity contribution >= 4 is 35.7 Å². The van der Waals surface area contributed by atoms with Crippen molar-refractivity contribution in [2.24, 2.45) is 0 Å². The number of H-pyrrole nitrogens is 1. The maximum atomic E-state index is 11.1. The number of nitrogens with zero attached hydrogens (tertiary/aromatic N) is 1. The molecule has 2 rings (SSSR count). The summed E-state index contributed by atoms with van der Waals surface area (Å²) in [5.41, 5.74) is 1.59. The Bertz CT molecular complexity index is 524. The number of aromatic amines is 1. The molecule has 0 fully saturated rings. The standard InChI is InChI=1S/C10H11N3O2S/c1-2-15-10(14)13-9-11-7-4-3-6(16)5-8(7)12-9/h3-5,16H,2H2,1H3,(H2,11,12,13,14). The summed E-state index contributed by atoms with van der Waals surface area (Å²) in [6.07, 6.45) is -0.521. The molecular weight excluding hydrogens is 226 g/mol. The van der Waals surface area contributed by atoms with Crippen LogP contribution in [0.1, 0.15) is 6.92 Å². The minimum absolute atomic E-state index is 0.326. The Kier molecular flexibility index (Phi) is 3.00. The third kappa shape index (κ3) is 2.27. The van der Waals surface area contributed by atoms with Gasteiger partial charge < -0.3 is 9.72 Å². The van der Waals surface area contributed by atoms with Crippen LogP contribution in [-0.4, -0.2) is 22.7 Å². The highest BCUT2D eigenvalue weighted by atomic mass is 32.1. The van der Waals surface area contributed by atoms with Crippen LogP contribution in [0, 0.1) is 0 Å². The van der Waals surface area contributed by atoms with Crippen molar-refractivity contribution < 1.29 is 9.53 Å². The minimum Gasteiger partial charge on any atom is -0.450 e. The first-order chi connectivity index (χ1) is 7.69. The van der Waals surface area contributed by atoms with Crippen molar-refractivity contribution in [2.45, 2.75) is 11.8 Å².